The first-order valence-electron chi connectivity index (χ1n) is 6.86. The van der Waals surface area contributed by atoms with Gasteiger partial charge in [0.25, 0.3) is 0 Å². The molecular weight excluding hydrogens is 262 g/mol. The zero-order valence-corrected chi connectivity index (χ0v) is 11.6. The van der Waals surface area contributed by atoms with Crippen LogP contribution in [-0.2, 0) is 13.2 Å². The number of para-hydroxylation sites is 1. The fourth-order valence-electron chi connectivity index (χ4n) is 2.09. The second-order valence-corrected chi connectivity index (χ2v) is 4.77. The van der Waals surface area contributed by atoms with Crippen LogP contribution in [0.25, 0.3) is 5.69 Å². The van der Waals surface area contributed by atoms with E-state index in [2.05, 4.69) is 5.10 Å². The summed E-state index contributed by atoms with van der Waals surface area (Å²) in [5.41, 5.74) is 8.75. The van der Waals surface area contributed by atoms with Crippen molar-refractivity contribution in [1.29, 1.82) is 0 Å². The fourth-order valence-corrected chi connectivity index (χ4v) is 2.09. The Labute approximate surface area is 123 Å². The van der Waals surface area contributed by atoms with Crippen molar-refractivity contribution in [2.45, 2.75) is 13.2 Å². The predicted molar refractivity (Wildman–Crippen MR) is 82.2 cm³/mol. The van der Waals surface area contributed by atoms with Gasteiger partial charge in [0, 0.05) is 18.3 Å². The van der Waals surface area contributed by atoms with Gasteiger partial charge in [-0.15, -0.1) is 0 Å². The molecule has 0 saturated carbocycles. The Kier molecular flexibility index (Phi) is 3.98. The Morgan fingerprint density at radius 1 is 1.00 bits per heavy atom. The highest BCUT2D eigenvalue weighted by atomic mass is 16.5. The van der Waals surface area contributed by atoms with Crippen molar-refractivity contribution in [3.05, 3.63) is 78.1 Å². The molecule has 0 spiro atoms. The molecule has 0 aliphatic rings. The standard InChI is InChI=1S/C17H17N3O/c18-10-14-5-4-8-17(9-14)21-13-15-11-19-20(12-15)16-6-2-1-3-7-16/h1-9,11-12H,10,13,18H2. The van der Waals surface area contributed by atoms with E-state index in [9.17, 15) is 0 Å². The SMILES string of the molecule is NCc1cccc(OCc2cnn(-c3ccccc3)c2)c1. The van der Waals surface area contributed by atoms with Crippen LogP contribution in [0.3, 0.4) is 0 Å². The van der Waals surface area contributed by atoms with Gasteiger partial charge in [0.2, 0.25) is 0 Å². The number of nitrogens with two attached hydrogens (primary N) is 1. The summed E-state index contributed by atoms with van der Waals surface area (Å²) in [6, 6.07) is 17.8. The van der Waals surface area contributed by atoms with Crippen molar-refractivity contribution in [1.82, 2.24) is 9.78 Å². The van der Waals surface area contributed by atoms with Crippen molar-refractivity contribution < 1.29 is 4.74 Å². The maximum atomic E-state index is 5.77. The molecule has 4 heteroatoms. The number of rotatable bonds is 5. The summed E-state index contributed by atoms with van der Waals surface area (Å²) in [5.74, 6) is 0.824. The molecule has 1 heterocycles. The average Bonchev–Trinajstić information content (AvgIpc) is 3.03. The maximum Gasteiger partial charge on any atom is 0.120 e. The first-order valence-corrected chi connectivity index (χ1v) is 6.86. The minimum absolute atomic E-state index is 0.487. The molecule has 0 atom stereocenters. The molecule has 4 nitrogen and oxygen atoms in total. The van der Waals surface area contributed by atoms with E-state index >= 15 is 0 Å². The van der Waals surface area contributed by atoms with Crippen molar-refractivity contribution in [2.75, 3.05) is 0 Å². The summed E-state index contributed by atoms with van der Waals surface area (Å²) in [6.45, 7) is 1.00. The van der Waals surface area contributed by atoms with Gasteiger partial charge in [0.1, 0.15) is 12.4 Å². The number of nitrogens with zero attached hydrogens (tertiary/aromatic N) is 2. The average molecular weight is 279 g/mol. The number of benzene rings is 2. The normalized spacial score (nSPS) is 10.5. The Bertz CT molecular complexity index is 707. The van der Waals surface area contributed by atoms with Gasteiger partial charge in [-0.3, -0.25) is 0 Å². The molecule has 3 aromatic rings. The lowest BCUT2D eigenvalue weighted by Gasteiger charge is -2.06. The van der Waals surface area contributed by atoms with Gasteiger partial charge < -0.3 is 10.5 Å². The van der Waals surface area contributed by atoms with Crippen molar-refractivity contribution >= 4 is 0 Å². The number of ether oxygens (including phenoxy) is 1. The van der Waals surface area contributed by atoms with E-state index in [1.54, 1.807) is 0 Å². The van der Waals surface area contributed by atoms with Gasteiger partial charge >= 0.3 is 0 Å². The molecule has 106 valence electrons. The Morgan fingerprint density at radius 2 is 1.86 bits per heavy atom. The summed E-state index contributed by atoms with van der Waals surface area (Å²) in [7, 11) is 0. The molecule has 0 aliphatic carbocycles. The molecule has 0 saturated heterocycles. The molecule has 0 bridgehead atoms. The summed E-state index contributed by atoms with van der Waals surface area (Å²) in [6.07, 6.45) is 3.79. The topological polar surface area (TPSA) is 53.1 Å². The van der Waals surface area contributed by atoms with Crippen LogP contribution in [0.2, 0.25) is 0 Å². The van der Waals surface area contributed by atoms with Crippen molar-refractivity contribution in [3.63, 3.8) is 0 Å². The highest BCUT2D eigenvalue weighted by Gasteiger charge is 2.02. The lowest BCUT2D eigenvalue weighted by molar-refractivity contribution is 0.306. The Balaban J connectivity index is 1.67. The van der Waals surface area contributed by atoms with E-state index in [1.165, 1.54) is 0 Å². The first-order chi connectivity index (χ1) is 10.3. The lowest BCUT2D eigenvalue weighted by Crippen LogP contribution is -1.98. The van der Waals surface area contributed by atoms with Gasteiger partial charge in [0.15, 0.2) is 0 Å². The van der Waals surface area contributed by atoms with Crippen LogP contribution in [0.15, 0.2) is 67.0 Å². The van der Waals surface area contributed by atoms with Crippen LogP contribution in [0.5, 0.6) is 5.75 Å². The van der Waals surface area contributed by atoms with E-state index in [1.807, 2.05) is 71.7 Å². The van der Waals surface area contributed by atoms with Crippen molar-refractivity contribution in [3.8, 4) is 11.4 Å². The molecule has 0 amide bonds. The van der Waals surface area contributed by atoms with Crippen LogP contribution in [0.4, 0.5) is 0 Å². The third-order valence-corrected chi connectivity index (χ3v) is 3.20. The molecule has 3 rings (SSSR count). The smallest absolute Gasteiger partial charge is 0.120 e. The zero-order valence-electron chi connectivity index (χ0n) is 11.6. The van der Waals surface area contributed by atoms with Gasteiger partial charge in [-0.25, -0.2) is 4.68 Å². The highest BCUT2D eigenvalue weighted by molar-refractivity contribution is 5.31. The molecule has 2 aromatic carbocycles. The largest absolute Gasteiger partial charge is 0.489 e. The second-order valence-electron chi connectivity index (χ2n) is 4.77. The van der Waals surface area contributed by atoms with E-state index in [4.69, 9.17) is 10.5 Å². The van der Waals surface area contributed by atoms with E-state index in [-0.39, 0.29) is 0 Å². The minimum Gasteiger partial charge on any atom is -0.489 e. The lowest BCUT2D eigenvalue weighted by atomic mass is 10.2. The molecule has 0 fully saturated rings. The predicted octanol–water partition coefficient (Wildman–Crippen LogP) is 2.91. The van der Waals surface area contributed by atoms with E-state index < -0.39 is 0 Å². The van der Waals surface area contributed by atoms with Crippen molar-refractivity contribution in [2.24, 2.45) is 5.73 Å². The van der Waals surface area contributed by atoms with Crippen LogP contribution in [0, 0.1) is 0 Å². The molecule has 0 unspecified atom stereocenters. The quantitative estimate of drug-likeness (QED) is 0.781. The van der Waals surface area contributed by atoms with Crippen LogP contribution < -0.4 is 10.5 Å². The first kappa shape index (κ1) is 13.4. The molecule has 2 N–H and O–H groups in total. The highest BCUT2D eigenvalue weighted by Crippen LogP contribution is 2.15. The molecular formula is C17H17N3O. The molecule has 21 heavy (non-hydrogen) atoms. The number of hydrogen-bond acceptors (Lipinski definition) is 3. The van der Waals surface area contributed by atoms with Gasteiger partial charge in [-0.1, -0.05) is 30.3 Å². The molecule has 1 aromatic heterocycles. The number of aromatic nitrogens is 2. The fraction of sp³-hybridized carbons (Fsp3) is 0.118. The van der Waals surface area contributed by atoms with Gasteiger partial charge in [0.05, 0.1) is 11.9 Å². The molecule has 0 radical (unpaired) electrons. The molecule has 0 aliphatic heterocycles. The third-order valence-electron chi connectivity index (χ3n) is 3.20. The Hall–Kier alpha value is -2.59. The summed E-state index contributed by atoms with van der Waals surface area (Å²) < 4.78 is 7.62. The van der Waals surface area contributed by atoms with Gasteiger partial charge in [-0.2, -0.15) is 5.10 Å². The van der Waals surface area contributed by atoms with Crippen LogP contribution >= 0.6 is 0 Å². The maximum absolute atomic E-state index is 5.77. The Morgan fingerprint density at radius 3 is 2.67 bits per heavy atom. The zero-order chi connectivity index (χ0) is 14.5. The van der Waals surface area contributed by atoms with Crippen LogP contribution in [0.1, 0.15) is 11.1 Å². The summed E-state index contributed by atoms with van der Waals surface area (Å²) in [5, 5.41) is 4.35. The van der Waals surface area contributed by atoms with E-state index in [0.717, 1.165) is 22.6 Å². The third kappa shape index (κ3) is 3.30. The van der Waals surface area contributed by atoms with Crippen LogP contribution in [-0.4, -0.2) is 9.78 Å². The monoisotopic (exact) mass is 279 g/mol. The number of hydrogen-bond donors (Lipinski definition) is 1. The van der Waals surface area contributed by atoms with Gasteiger partial charge in [-0.05, 0) is 29.8 Å². The van der Waals surface area contributed by atoms with E-state index in [0.29, 0.717) is 13.2 Å². The minimum atomic E-state index is 0.487. The second kappa shape index (κ2) is 6.24. The summed E-state index contributed by atoms with van der Waals surface area (Å²) >= 11 is 0. The summed E-state index contributed by atoms with van der Waals surface area (Å²) in [4.78, 5) is 0.